The van der Waals surface area contributed by atoms with Crippen LogP contribution in [0.4, 0.5) is 4.39 Å². The summed E-state index contributed by atoms with van der Waals surface area (Å²) in [5.41, 5.74) is 5.87. The van der Waals surface area contributed by atoms with Gasteiger partial charge in [-0.15, -0.1) is 12.4 Å². The number of likely N-dealkylation sites (tertiary alicyclic amines) is 1. The van der Waals surface area contributed by atoms with Crippen LogP contribution in [0.3, 0.4) is 0 Å². The molecule has 1 aromatic carbocycles. The third kappa shape index (κ3) is 3.19. The van der Waals surface area contributed by atoms with Crippen LogP contribution in [-0.4, -0.2) is 30.4 Å². The van der Waals surface area contributed by atoms with Gasteiger partial charge in [0.1, 0.15) is 5.82 Å². The zero-order chi connectivity index (χ0) is 13.3. The van der Waals surface area contributed by atoms with Gasteiger partial charge in [0.15, 0.2) is 0 Å². The third-order valence-corrected chi connectivity index (χ3v) is 3.90. The summed E-state index contributed by atoms with van der Waals surface area (Å²) >= 11 is 5.82. The van der Waals surface area contributed by atoms with Crippen molar-refractivity contribution in [2.75, 3.05) is 19.6 Å². The first-order valence-corrected chi connectivity index (χ1v) is 6.28. The van der Waals surface area contributed by atoms with Crippen LogP contribution >= 0.6 is 24.0 Å². The summed E-state index contributed by atoms with van der Waals surface area (Å²) in [6, 6.07) is 4.28. The minimum atomic E-state index is -0.566. The lowest BCUT2D eigenvalue weighted by atomic mass is 9.90. The minimum absolute atomic E-state index is 0. The molecule has 1 saturated heterocycles. The van der Waals surface area contributed by atoms with E-state index in [2.05, 4.69) is 0 Å². The molecule has 2 rings (SSSR count). The Bertz CT molecular complexity index is 484. The van der Waals surface area contributed by atoms with Gasteiger partial charge in [-0.25, -0.2) is 4.39 Å². The van der Waals surface area contributed by atoms with Crippen LogP contribution in [0.15, 0.2) is 18.2 Å². The molecule has 106 valence electrons. The van der Waals surface area contributed by atoms with E-state index in [4.69, 9.17) is 17.3 Å². The molecule has 19 heavy (non-hydrogen) atoms. The second-order valence-corrected chi connectivity index (χ2v) is 5.47. The third-order valence-electron chi connectivity index (χ3n) is 3.52. The van der Waals surface area contributed by atoms with Gasteiger partial charge in [-0.1, -0.05) is 24.6 Å². The van der Waals surface area contributed by atoms with Crippen molar-refractivity contribution >= 4 is 29.9 Å². The van der Waals surface area contributed by atoms with Gasteiger partial charge in [0.2, 0.25) is 0 Å². The average molecular weight is 307 g/mol. The number of benzene rings is 1. The molecule has 0 aromatic heterocycles. The Balaban J connectivity index is 0.00000180. The number of hydrogen-bond acceptors (Lipinski definition) is 2. The van der Waals surface area contributed by atoms with E-state index >= 15 is 0 Å². The zero-order valence-electron chi connectivity index (χ0n) is 10.7. The number of carbonyl (C=O) groups excluding carboxylic acids is 1. The van der Waals surface area contributed by atoms with Gasteiger partial charge < -0.3 is 10.6 Å². The smallest absolute Gasteiger partial charge is 0.255 e. The lowest BCUT2D eigenvalue weighted by Gasteiger charge is -2.22. The van der Waals surface area contributed by atoms with Gasteiger partial charge in [-0.05, 0) is 30.5 Å². The number of halogens is 3. The van der Waals surface area contributed by atoms with Crippen molar-refractivity contribution in [3.63, 3.8) is 0 Å². The van der Waals surface area contributed by atoms with E-state index in [1.54, 1.807) is 11.0 Å². The highest BCUT2D eigenvalue weighted by atomic mass is 35.5. The van der Waals surface area contributed by atoms with E-state index in [0.717, 1.165) is 6.42 Å². The van der Waals surface area contributed by atoms with Crippen molar-refractivity contribution in [2.24, 2.45) is 11.1 Å². The van der Waals surface area contributed by atoms with E-state index < -0.39 is 5.82 Å². The van der Waals surface area contributed by atoms with E-state index in [1.165, 1.54) is 12.1 Å². The second kappa shape index (κ2) is 6.07. The SMILES string of the molecule is CC1(CN)CCN(C(=O)c2cccc(F)c2Cl)C1.Cl. The number of carbonyl (C=O) groups is 1. The predicted octanol–water partition coefficient (Wildman–Crippen LogP) is 2.71. The Morgan fingerprint density at radius 1 is 1.58 bits per heavy atom. The van der Waals surface area contributed by atoms with Gasteiger partial charge in [0.05, 0.1) is 10.6 Å². The topological polar surface area (TPSA) is 46.3 Å². The fourth-order valence-electron chi connectivity index (χ4n) is 2.20. The van der Waals surface area contributed by atoms with Crippen LogP contribution in [0.2, 0.25) is 5.02 Å². The highest BCUT2D eigenvalue weighted by molar-refractivity contribution is 6.34. The van der Waals surface area contributed by atoms with Crippen LogP contribution in [-0.2, 0) is 0 Å². The molecule has 0 saturated carbocycles. The molecule has 3 nitrogen and oxygen atoms in total. The van der Waals surface area contributed by atoms with E-state index in [-0.39, 0.29) is 34.3 Å². The molecule has 1 unspecified atom stereocenters. The Morgan fingerprint density at radius 3 is 2.84 bits per heavy atom. The van der Waals surface area contributed by atoms with Crippen molar-refractivity contribution in [1.82, 2.24) is 4.90 Å². The summed E-state index contributed by atoms with van der Waals surface area (Å²) in [6.45, 7) is 3.82. The van der Waals surface area contributed by atoms with E-state index in [0.29, 0.717) is 19.6 Å². The van der Waals surface area contributed by atoms with Crippen molar-refractivity contribution in [1.29, 1.82) is 0 Å². The summed E-state index contributed by atoms with van der Waals surface area (Å²) in [5.74, 6) is -0.792. The monoisotopic (exact) mass is 306 g/mol. The fraction of sp³-hybridized carbons (Fsp3) is 0.462. The normalized spacial score (nSPS) is 22.2. The van der Waals surface area contributed by atoms with E-state index in [1.807, 2.05) is 6.92 Å². The molecule has 1 aliphatic rings. The predicted molar refractivity (Wildman–Crippen MR) is 76.3 cm³/mol. The Morgan fingerprint density at radius 2 is 2.26 bits per heavy atom. The standard InChI is InChI=1S/C13H16ClFN2O.ClH/c1-13(7-16)5-6-17(8-13)12(18)9-3-2-4-10(15)11(9)14;/h2-4H,5-8,16H2,1H3;1H. The second-order valence-electron chi connectivity index (χ2n) is 5.09. The molecule has 1 amide bonds. The molecule has 1 atom stereocenters. The Hall–Kier alpha value is -0.840. The molecule has 1 aromatic rings. The van der Waals surface area contributed by atoms with Crippen molar-refractivity contribution < 1.29 is 9.18 Å². The minimum Gasteiger partial charge on any atom is -0.338 e. The molecule has 0 aliphatic carbocycles. The quantitative estimate of drug-likeness (QED) is 0.913. The maximum absolute atomic E-state index is 13.3. The maximum atomic E-state index is 13.3. The van der Waals surface area contributed by atoms with Gasteiger partial charge in [0.25, 0.3) is 5.91 Å². The highest BCUT2D eigenvalue weighted by Crippen LogP contribution is 2.31. The maximum Gasteiger partial charge on any atom is 0.255 e. The summed E-state index contributed by atoms with van der Waals surface area (Å²) in [5, 5.41) is -0.108. The van der Waals surface area contributed by atoms with Gasteiger partial charge in [-0.3, -0.25) is 4.79 Å². The molecule has 1 fully saturated rings. The molecular formula is C13H17Cl2FN2O. The van der Waals surface area contributed by atoms with Crippen LogP contribution in [0.5, 0.6) is 0 Å². The van der Waals surface area contributed by atoms with E-state index in [9.17, 15) is 9.18 Å². The molecule has 1 heterocycles. The molecule has 0 spiro atoms. The molecule has 1 aliphatic heterocycles. The highest BCUT2D eigenvalue weighted by Gasteiger charge is 2.35. The zero-order valence-corrected chi connectivity index (χ0v) is 12.2. The molecule has 0 bridgehead atoms. The van der Waals surface area contributed by atoms with Gasteiger partial charge >= 0.3 is 0 Å². The molecule has 0 radical (unpaired) electrons. The first-order valence-electron chi connectivity index (χ1n) is 5.90. The first kappa shape index (κ1) is 16.2. The number of rotatable bonds is 2. The number of nitrogens with zero attached hydrogens (tertiary/aromatic N) is 1. The van der Waals surface area contributed by atoms with Crippen molar-refractivity contribution in [3.05, 3.63) is 34.6 Å². The van der Waals surface area contributed by atoms with Crippen LogP contribution < -0.4 is 5.73 Å². The average Bonchev–Trinajstić information content (AvgIpc) is 2.75. The molecule has 6 heteroatoms. The lowest BCUT2D eigenvalue weighted by molar-refractivity contribution is 0.0776. The fourth-order valence-corrected chi connectivity index (χ4v) is 2.41. The summed E-state index contributed by atoms with van der Waals surface area (Å²) in [4.78, 5) is 13.9. The number of nitrogens with two attached hydrogens (primary N) is 1. The largest absolute Gasteiger partial charge is 0.338 e. The summed E-state index contributed by atoms with van der Waals surface area (Å²) in [7, 11) is 0. The summed E-state index contributed by atoms with van der Waals surface area (Å²) in [6.07, 6.45) is 0.863. The van der Waals surface area contributed by atoms with Gasteiger partial charge in [-0.2, -0.15) is 0 Å². The van der Waals surface area contributed by atoms with Crippen molar-refractivity contribution in [2.45, 2.75) is 13.3 Å². The molecular weight excluding hydrogens is 290 g/mol. The van der Waals surface area contributed by atoms with Crippen LogP contribution in [0.1, 0.15) is 23.7 Å². The van der Waals surface area contributed by atoms with Crippen LogP contribution in [0.25, 0.3) is 0 Å². The first-order chi connectivity index (χ1) is 8.47. The van der Waals surface area contributed by atoms with Gasteiger partial charge in [0, 0.05) is 13.1 Å². The molecule has 2 N–H and O–H groups in total. The number of amides is 1. The van der Waals surface area contributed by atoms with Crippen LogP contribution in [0, 0.1) is 11.2 Å². The number of hydrogen-bond donors (Lipinski definition) is 1. The Kier molecular flexibility index (Phi) is 5.18. The lowest BCUT2D eigenvalue weighted by Crippen LogP contribution is -2.34. The van der Waals surface area contributed by atoms with Crippen molar-refractivity contribution in [3.8, 4) is 0 Å². The Labute approximate surface area is 123 Å². The summed E-state index contributed by atoms with van der Waals surface area (Å²) < 4.78 is 13.3.